The molecule has 1 fully saturated rings. The molecule has 0 aliphatic carbocycles. The summed E-state index contributed by atoms with van der Waals surface area (Å²) in [5, 5.41) is 0. The fraction of sp³-hybridized carbons (Fsp3) is 0.500. The number of halogens is 2. The lowest BCUT2D eigenvalue weighted by Crippen LogP contribution is -2.24. The van der Waals surface area contributed by atoms with Crippen LogP contribution in [0.5, 0.6) is 0 Å². The smallest absolute Gasteiger partial charge is 0.125 e. The predicted octanol–water partition coefficient (Wildman–Crippen LogP) is 4.20. The highest BCUT2D eigenvalue weighted by molar-refractivity contribution is 8.00. The van der Waals surface area contributed by atoms with E-state index in [1.807, 2.05) is 11.8 Å². The van der Waals surface area contributed by atoms with E-state index < -0.39 is 0 Å². The molecule has 1 aliphatic rings. The van der Waals surface area contributed by atoms with E-state index in [0.29, 0.717) is 11.4 Å². The van der Waals surface area contributed by atoms with Gasteiger partial charge in [-0.25, -0.2) is 9.37 Å². The van der Waals surface area contributed by atoms with E-state index in [2.05, 4.69) is 16.5 Å². The Kier molecular flexibility index (Phi) is 3.48. The minimum atomic E-state index is -0.250. The Hall–Kier alpha value is -0.740. The van der Waals surface area contributed by atoms with Crippen molar-refractivity contribution in [2.24, 2.45) is 0 Å². The van der Waals surface area contributed by atoms with Gasteiger partial charge >= 0.3 is 0 Å². The quantitative estimate of drug-likeness (QED) is 0.790. The van der Waals surface area contributed by atoms with Gasteiger partial charge in [0.1, 0.15) is 11.6 Å². The first kappa shape index (κ1) is 13.3. The molecule has 1 aromatic heterocycles. The van der Waals surface area contributed by atoms with Crippen molar-refractivity contribution in [3.8, 4) is 0 Å². The lowest BCUT2D eigenvalue weighted by atomic mass is 10.1. The number of imidazole rings is 1. The van der Waals surface area contributed by atoms with Crippen LogP contribution >= 0.6 is 23.4 Å². The van der Waals surface area contributed by atoms with Gasteiger partial charge in [0, 0.05) is 17.4 Å². The Labute approximate surface area is 121 Å². The van der Waals surface area contributed by atoms with Gasteiger partial charge in [0.2, 0.25) is 0 Å². The van der Waals surface area contributed by atoms with Gasteiger partial charge in [-0.1, -0.05) is 0 Å². The molecule has 0 N–H and O–H groups in total. The Morgan fingerprint density at radius 2 is 2.37 bits per heavy atom. The van der Waals surface area contributed by atoms with E-state index in [1.165, 1.54) is 30.7 Å². The molecule has 1 unspecified atom stereocenters. The fourth-order valence-electron chi connectivity index (χ4n) is 2.73. The van der Waals surface area contributed by atoms with Crippen molar-refractivity contribution in [3.05, 3.63) is 29.8 Å². The molecule has 0 spiro atoms. The van der Waals surface area contributed by atoms with Crippen LogP contribution in [0.3, 0.4) is 0 Å². The van der Waals surface area contributed by atoms with E-state index in [-0.39, 0.29) is 10.6 Å². The number of thioether (sulfide) groups is 1. The Morgan fingerprint density at radius 1 is 1.53 bits per heavy atom. The number of aromatic nitrogens is 2. The van der Waals surface area contributed by atoms with Crippen molar-refractivity contribution in [3.63, 3.8) is 0 Å². The summed E-state index contributed by atoms with van der Waals surface area (Å²) in [7, 11) is 0. The molecule has 2 aromatic rings. The number of benzene rings is 1. The van der Waals surface area contributed by atoms with Crippen molar-refractivity contribution in [2.75, 3.05) is 5.75 Å². The first-order chi connectivity index (χ1) is 9.11. The molecule has 1 saturated heterocycles. The summed E-state index contributed by atoms with van der Waals surface area (Å²) in [4.78, 5) is 4.45. The Morgan fingerprint density at radius 3 is 3.05 bits per heavy atom. The van der Waals surface area contributed by atoms with E-state index in [0.717, 1.165) is 17.9 Å². The average molecular weight is 299 g/mol. The van der Waals surface area contributed by atoms with Crippen LogP contribution in [-0.4, -0.2) is 20.1 Å². The van der Waals surface area contributed by atoms with Crippen LogP contribution < -0.4 is 0 Å². The first-order valence-electron chi connectivity index (χ1n) is 6.46. The summed E-state index contributed by atoms with van der Waals surface area (Å²) in [6.07, 6.45) is 2.47. The van der Waals surface area contributed by atoms with Gasteiger partial charge in [-0.05, 0) is 37.7 Å². The molecule has 0 saturated carbocycles. The van der Waals surface area contributed by atoms with Crippen molar-refractivity contribution >= 4 is 34.4 Å². The maximum atomic E-state index is 13.3. The third-order valence-electron chi connectivity index (χ3n) is 3.70. The zero-order chi connectivity index (χ0) is 13.5. The third kappa shape index (κ3) is 2.48. The lowest BCUT2D eigenvalue weighted by molar-refractivity contribution is 0.510. The molecule has 102 valence electrons. The van der Waals surface area contributed by atoms with Crippen LogP contribution in [-0.2, 0) is 12.4 Å². The summed E-state index contributed by atoms with van der Waals surface area (Å²) in [5.41, 5.74) is 1.67. The van der Waals surface area contributed by atoms with E-state index >= 15 is 0 Å². The average Bonchev–Trinajstić information content (AvgIpc) is 2.94. The molecule has 3 rings (SSSR count). The monoisotopic (exact) mass is 298 g/mol. The molecule has 19 heavy (non-hydrogen) atoms. The molecule has 1 aliphatic heterocycles. The number of hydrogen-bond acceptors (Lipinski definition) is 2. The normalized spacial score (nSPS) is 23.3. The van der Waals surface area contributed by atoms with Crippen molar-refractivity contribution < 1.29 is 4.39 Å². The third-order valence-corrected chi connectivity index (χ3v) is 5.46. The highest BCUT2D eigenvalue weighted by atomic mass is 35.5. The standard InChI is InChI=1S/C14H16ClFN2S/c1-14(5-2-6-19-14)9-18-12-4-3-10(16)7-11(12)17-13(18)8-15/h3-4,7H,2,5-6,8-9H2,1H3. The number of hydrogen-bond donors (Lipinski definition) is 0. The predicted molar refractivity (Wildman–Crippen MR) is 79.3 cm³/mol. The number of nitrogens with zero attached hydrogens (tertiary/aromatic N) is 2. The van der Waals surface area contributed by atoms with Gasteiger partial charge in [0.15, 0.2) is 0 Å². The molecule has 1 atom stereocenters. The van der Waals surface area contributed by atoms with Crippen molar-refractivity contribution in [1.29, 1.82) is 0 Å². The van der Waals surface area contributed by atoms with E-state index in [1.54, 1.807) is 6.07 Å². The molecule has 0 radical (unpaired) electrons. The zero-order valence-electron chi connectivity index (χ0n) is 10.8. The maximum Gasteiger partial charge on any atom is 0.125 e. The molecule has 2 heterocycles. The van der Waals surface area contributed by atoms with Crippen LogP contribution in [0.15, 0.2) is 18.2 Å². The largest absolute Gasteiger partial charge is 0.326 e. The molecule has 2 nitrogen and oxygen atoms in total. The molecule has 5 heteroatoms. The van der Waals surface area contributed by atoms with Crippen LogP contribution in [0.2, 0.25) is 0 Å². The number of alkyl halides is 1. The van der Waals surface area contributed by atoms with Crippen molar-refractivity contribution in [2.45, 2.75) is 36.9 Å². The SMILES string of the molecule is CC1(Cn2c(CCl)nc3cc(F)ccc32)CCCS1. The van der Waals surface area contributed by atoms with Gasteiger partial charge in [-0.2, -0.15) is 11.8 Å². The molecule has 0 amide bonds. The highest BCUT2D eigenvalue weighted by Crippen LogP contribution is 2.40. The lowest BCUT2D eigenvalue weighted by Gasteiger charge is -2.24. The van der Waals surface area contributed by atoms with Crippen LogP contribution in [0.1, 0.15) is 25.6 Å². The molecule has 0 bridgehead atoms. The Bertz CT molecular complexity index is 605. The summed E-state index contributed by atoms with van der Waals surface area (Å²) in [5.74, 6) is 2.15. The Balaban J connectivity index is 2.05. The fourth-order valence-corrected chi connectivity index (χ4v) is 4.22. The van der Waals surface area contributed by atoms with Gasteiger partial charge in [0.05, 0.1) is 16.9 Å². The highest BCUT2D eigenvalue weighted by Gasteiger charge is 2.31. The van der Waals surface area contributed by atoms with E-state index in [4.69, 9.17) is 11.6 Å². The maximum absolute atomic E-state index is 13.3. The molecule has 1 aromatic carbocycles. The van der Waals surface area contributed by atoms with Gasteiger partial charge < -0.3 is 4.57 Å². The summed E-state index contributed by atoms with van der Waals surface area (Å²) >= 11 is 8.00. The van der Waals surface area contributed by atoms with Crippen LogP contribution in [0.4, 0.5) is 4.39 Å². The second-order valence-electron chi connectivity index (χ2n) is 5.28. The minimum Gasteiger partial charge on any atom is -0.326 e. The first-order valence-corrected chi connectivity index (χ1v) is 7.98. The topological polar surface area (TPSA) is 17.8 Å². The minimum absolute atomic E-state index is 0.239. The molecular weight excluding hydrogens is 283 g/mol. The summed E-state index contributed by atoms with van der Waals surface area (Å²) in [6, 6.07) is 4.77. The van der Waals surface area contributed by atoms with Crippen LogP contribution in [0, 0.1) is 5.82 Å². The van der Waals surface area contributed by atoms with Gasteiger partial charge in [0.25, 0.3) is 0 Å². The molecular formula is C14H16ClFN2S. The second kappa shape index (κ2) is 4.98. The zero-order valence-corrected chi connectivity index (χ0v) is 12.4. The van der Waals surface area contributed by atoms with Crippen LogP contribution in [0.25, 0.3) is 11.0 Å². The van der Waals surface area contributed by atoms with Crippen molar-refractivity contribution in [1.82, 2.24) is 9.55 Å². The summed E-state index contributed by atoms with van der Waals surface area (Å²) in [6.45, 7) is 3.18. The van der Waals surface area contributed by atoms with E-state index in [9.17, 15) is 4.39 Å². The van der Waals surface area contributed by atoms with Gasteiger partial charge in [-0.15, -0.1) is 11.6 Å². The second-order valence-corrected chi connectivity index (χ2v) is 7.23. The number of rotatable bonds is 3. The number of fused-ring (bicyclic) bond motifs is 1. The van der Waals surface area contributed by atoms with Gasteiger partial charge in [-0.3, -0.25) is 0 Å². The summed E-state index contributed by atoms with van der Waals surface area (Å²) < 4.78 is 15.7.